The van der Waals surface area contributed by atoms with E-state index in [4.69, 9.17) is 4.42 Å². The Morgan fingerprint density at radius 2 is 2.29 bits per heavy atom. The second-order valence-electron chi connectivity index (χ2n) is 5.84. The first kappa shape index (κ1) is 11.3. The molecule has 1 aromatic heterocycles. The van der Waals surface area contributed by atoms with Crippen LogP contribution in [-0.2, 0) is 6.54 Å². The van der Waals surface area contributed by atoms with Crippen molar-refractivity contribution in [1.29, 1.82) is 0 Å². The quantitative estimate of drug-likeness (QED) is 0.865. The zero-order valence-electron chi connectivity index (χ0n) is 10.6. The average Bonchev–Trinajstić information content (AvgIpc) is 2.78. The molecule has 1 spiro atoms. The number of furan rings is 1. The topological polar surface area (TPSA) is 28.4 Å². The molecule has 1 saturated carbocycles. The normalized spacial score (nSPS) is 26.6. The van der Waals surface area contributed by atoms with Crippen LogP contribution in [0.4, 0.5) is 0 Å². The Hall–Kier alpha value is -0.800. The Kier molecular flexibility index (Phi) is 2.97. The maximum Gasteiger partial charge on any atom is 0.0947 e. The Morgan fingerprint density at radius 3 is 3.00 bits per heavy atom. The first-order valence-electron chi connectivity index (χ1n) is 6.69. The van der Waals surface area contributed by atoms with Crippen LogP contribution in [0.3, 0.4) is 0 Å². The molecule has 3 heteroatoms. The standard InChI is InChI=1S/C14H22N2O/c1-16(9-12-2-7-17-11-12)10-13-8-14(13)3-5-15-6-4-14/h2,7,11,13,15H,3-6,8-10H2,1H3. The summed E-state index contributed by atoms with van der Waals surface area (Å²) in [5, 5.41) is 3.46. The first-order valence-corrected chi connectivity index (χ1v) is 6.69. The second kappa shape index (κ2) is 4.46. The van der Waals surface area contributed by atoms with E-state index in [1.165, 1.54) is 44.5 Å². The van der Waals surface area contributed by atoms with Gasteiger partial charge in [0, 0.05) is 18.7 Å². The molecule has 1 atom stereocenters. The number of nitrogens with zero attached hydrogens (tertiary/aromatic N) is 1. The predicted octanol–water partition coefficient (Wildman–Crippen LogP) is 2.10. The van der Waals surface area contributed by atoms with Crippen LogP contribution in [0.5, 0.6) is 0 Å². The van der Waals surface area contributed by atoms with E-state index in [0.29, 0.717) is 5.41 Å². The second-order valence-corrected chi connectivity index (χ2v) is 5.84. The van der Waals surface area contributed by atoms with E-state index >= 15 is 0 Å². The zero-order chi connectivity index (χ0) is 11.7. The van der Waals surface area contributed by atoms with Crippen LogP contribution in [0.25, 0.3) is 0 Å². The number of rotatable bonds is 4. The molecule has 1 aliphatic heterocycles. The molecule has 1 aromatic rings. The lowest BCUT2D eigenvalue weighted by atomic mass is 9.92. The molecular formula is C14H22N2O. The molecule has 2 fully saturated rings. The van der Waals surface area contributed by atoms with Crippen LogP contribution >= 0.6 is 0 Å². The Bertz CT molecular complexity index is 354. The van der Waals surface area contributed by atoms with Gasteiger partial charge in [-0.2, -0.15) is 0 Å². The average molecular weight is 234 g/mol. The Labute approximate surface area is 103 Å². The van der Waals surface area contributed by atoms with Crippen molar-refractivity contribution in [3.8, 4) is 0 Å². The highest BCUT2D eigenvalue weighted by atomic mass is 16.3. The molecule has 94 valence electrons. The predicted molar refractivity (Wildman–Crippen MR) is 67.7 cm³/mol. The summed E-state index contributed by atoms with van der Waals surface area (Å²) < 4.78 is 5.11. The van der Waals surface area contributed by atoms with E-state index in [-0.39, 0.29) is 0 Å². The molecule has 1 unspecified atom stereocenters. The highest BCUT2D eigenvalue weighted by molar-refractivity contribution is 5.07. The number of nitrogens with one attached hydrogen (secondary N) is 1. The SMILES string of the molecule is CN(Cc1ccoc1)CC1CC12CCNCC2. The lowest BCUT2D eigenvalue weighted by Crippen LogP contribution is -2.31. The summed E-state index contributed by atoms with van der Waals surface area (Å²) in [6.07, 6.45) is 7.83. The van der Waals surface area contributed by atoms with Crippen molar-refractivity contribution in [3.63, 3.8) is 0 Å². The van der Waals surface area contributed by atoms with Crippen molar-refractivity contribution in [2.45, 2.75) is 25.8 Å². The summed E-state index contributed by atoms with van der Waals surface area (Å²) in [5.74, 6) is 0.932. The largest absolute Gasteiger partial charge is 0.472 e. The van der Waals surface area contributed by atoms with Crippen molar-refractivity contribution in [2.24, 2.45) is 11.3 Å². The maximum absolute atomic E-state index is 5.11. The molecule has 0 aromatic carbocycles. The minimum absolute atomic E-state index is 0.704. The van der Waals surface area contributed by atoms with Gasteiger partial charge in [-0.15, -0.1) is 0 Å². The van der Waals surface area contributed by atoms with Gasteiger partial charge in [0.15, 0.2) is 0 Å². The molecule has 17 heavy (non-hydrogen) atoms. The van der Waals surface area contributed by atoms with E-state index in [1.54, 1.807) is 6.26 Å². The zero-order valence-corrected chi connectivity index (χ0v) is 10.6. The highest BCUT2D eigenvalue weighted by Crippen LogP contribution is 2.58. The third-order valence-electron chi connectivity index (χ3n) is 4.52. The lowest BCUT2D eigenvalue weighted by molar-refractivity contribution is 0.257. The van der Waals surface area contributed by atoms with E-state index in [0.717, 1.165) is 12.5 Å². The van der Waals surface area contributed by atoms with Gasteiger partial charge in [-0.3, -0.25) is 0 Å². The van der Waals surface area contributed by atoms with Gasteiger partial charge >= 0.3 is 0 Å². The highest BCUT2D eigenvalue weighted by Gasteiger charge is 2.53. The van der Waals surface area contributed by atoms with Gasteiger partial charge in [-0.1, -0.05) is 0 Å². The van der Waals surface area contributed by atoms with Crippen molar-refractivity contribution in [2.75, 3.05) is 26.7 Å². The summed E-state index contributed by atoms with van der Waals surface area (Å²) >= 11 is 0. The summed E-state index contributed by atoms with van der Waals surface area (Å²) in [5.41, 5.74) is 1.99. The van der Waals surface area contributed by atoms with Gasteiger partial charge in [0.1, 0.15) is 0 Å². The minimum atomic E-state index is 0.704. The molecule has 0 bridgehead atoms. The molecule has 2 aliphatic rings. The van der Waals surface area contributed by atoms with Gasteiger partial charge in [0.05, 0.1) is 12.5 Å². The Balaban J connectivity index is 1.48. The van der Waals surface area contributed by atoms with Gasteiger partial charge in [0.2, 0.25) is 0 Å². The van der Waals surface area contributed by atoms with E-state index in [2.05, 4.69) is 23.3 Å². The van der Waals surface area contributed by atoms with Crippen LogP contribution in [0.1, 0.15) is 24.8 Å². The summed E-state index contributed by atoms with van der Waals surface area (Å²) in [4.78, 5) is 2.44. The number of piperidine rings is 1. The van der Waals surface area contributed by atoms with Crippen molar-refractivity contribution in [1.82, 2.24) is 10.2 Å². The van der Waals surface area contributed by atoms with Crippen molar-refractivity contribution < 1.29 is 4.42 Å². The smallest absolute Gasteiger partial charge is 0.0947 e. The molecule has 2 heterocycles. The summed E-state index contributed by atoms with van der Waals surface area (Å²) in [6.45, 7) is 4.70. The van der Waals surface area contributed by atoms with Crippen LogP contribution in [0.2, 0.25) is 0 Å². The van der Waals surface area contributed by atoms with Crippen LogP contribution < -0.4 is 5.32 Å². The first-order chi connectivity index (χ1) is 8.28. The fourth-order valence-electron chi connectivity index (χ4n) is 3.36. The van der Waals surface area contributed by atoms with Gasteiger partial charge in [-0.25, -0.2) is 0 Å². The number of hydrogen-bond donors (Lipinski definition) is 1. The fourth-order valence-corrected chi connectivity index (χ4v) is 3.36. The van der Waals surface area contributed by atoms with Crippen LogP contribution in [0.15, 0.2) is 23.0 Å². The fraction of sp³-hybridized carbons (Fsp3) is 0.714. The van der Waals surface area contributed by atoms with Crippen LogP contribution in [0, 0.1) is 11.3 Å². The van der Waals surface area contributed by atoms with E-state index in [9.17, 15) is 0 Å². The molecule has 3 nitrogen and oxygen atoms in total. The third kappa shape index (κ3) is 2.40. The molecule has 0 radical (unpaired) electrons. The van der Waals surface area contributed by atoms with Crippen molar-refractivity contribution in [3.05, 3.63) is 24.2 Å². The summed E-state index contributed by atoms with van der Waals surface area (Å²) in [7, 11) is 2.22. The monoisotopic (exact) mass is 234 g/mol. The molecule has 3 rings (SSSR count). The number of hydrogen-bond acceptors (Lipinski definition) is 3. The third-order valence-corrected chi connectivity index (χ3v) is 4.52. The van der Waals surface area contributed by atoms with E-state index < -0.39 is 0 Å². The lowest BCUT2D eigenvalue weighted by Gasteiger charge is -2.25. The van der Waals surface area contributed by atoms with Crippen LogP contribution in [-0.4, -0.2) is 31.6 Å². The molecule has 0 amide bonds. The molecular weight excluding hydrogens is 212 g/mol. The van der Waals surface area contributed by atoms with Crippen molar-refractivity contribution >= 4 is 0 Å². The summed E-state index contributed by atoms with van der Waals surface area (Å²) in [6, 6.07) is 2.06. The molecule has 1 saturated heterocycles. The minimum Gasteiger partial charge on any atom is -0.472 e. The van der Waals surface area contributed by atoms with Gasteiger partial charge in [-0.05, 0) is 56.8 Å². The molecule has 1 aliphatic carbocycles. The van der Waals surface area contributed by atoms with E-state index in [1.807, 2.05) is 6.26 Å². The Morgan fingerprint density at radius 1 is 1.47 bits per heavy atom. The maximum atomic E-state index is 5.11. The van der Waals surface area contributed by atoms with Gasteiger partial charge in [0.25, 0.3) is 0 Å². The van der Waals surface area contributed by atoms with Gasteiger partial charge < -0.3 is 14.6 Å². The molecule has 1 N–H and O–H groups in total.